The van der Waals surface area contributed by atoms with Gasteiger partial charge < -0.3 is 19.6 Å². The third-order valence-electron chi connectivity index (χ3n) is 6.15. The van der Waals surface area contributed by atoms with Gasteiger partial charge in [0.1, 0.15) is 24.2 Å². The molecule has 1 aliphatic heterocycles. The number of anilines is 1. The van der Waals surface area contributed by atoms with E-state index in [4.69, 9.17) is 4.74 Å². The summed E-state index contributed by atoms with van der Waals surface area (Å²) in [5.41, 5.74) is 2.76. The lowest BCUT2D eigenvalue weighted by molar-refractivity contribution is -0.131. The first-order valence-corrected chi connectivity index (χ1v) is 12.1. The molecule has 35 heavy (non-hydrogen) atoms. The molecule has 184 valence electrons. The van der Waals surface area contributed by atoms with Gasteiger partial charge in [0.15, 0.2) is 0 Å². The van der Waals surface area contributed by atoms with E-state index in [0.717, 1.165) is 36.5 Å². The Labute approximate surface area is 205 Å². The average Bonchev–Trinajstić information content (AvgIpc) is 3.29. The Morgan fingerprint density at radius 3 is 2.60 bits per heavy atom. The van der Waals surface area contributed by atoms with Crippen LogP contribution in [0.3, 0.4) is 0 Å². The van der Waals surface area contributed by atoms with E-state index in [1.54, 1.807) is 23.8 Å². The van der Waals surface area contributed by atoms with E-state index < -0.39 is 6.10 Å². The van der Waals surface area contributed by atoms with Gasteiger partial charge in [0, 0.05) is 49.9 Å². The van der Waals surface area contributed by atoms with Crippen molar-refractivity contribution in [2.45, 2.75) is 39.7 Å². The first kappa shape index (κ1) is 24.5. The zero-order valence-corrected chi connectivity index (χ0v) is 20.5. The maximum Gasteiger partial charge on any atom is 0.222 e. The first-order chi connectivity index (χ1) is 16.9. The number of amides is 1. The monoisotopic (exact) mass is 476 g/mol. The normalized spacial score (nSPS) is 14.9. The molecule has 0 bridgehead atoms. The van der Waals surface area contributed by atoms with E-state index in [-0.39, 0.29) is 12.5 Å². The minimum atomic E-state index is -0.603. The molecular weight excluding hydrogens is 444 g/mol. The van der Waals surface area contributed by atoms with Crippen LogP contribution in [0.15, 0.2) is 36.8 Å². The number of hydrogen-bond donors (Lipinski definition) is 1. The van der Waals surface area contributed by atoms with Crippen molar-refractivity contribution in [1.82, 2.24) is 19.5 Å². The molecule has 3 aromatic heterocycles. The van der Waals surface area contributed by atoms with Gasteiger partial charge in [0.2, 0.25) is 5.91 Å². The number of hydrogen-bond acceptors (Lipinski definition) is 7. The Morgan fingerprint density at radius 1 is 1.20 bits per heavy atom. The van der Waals surface area contributed by atoms with Crippen LogP contribution in [0.1, 0.15) is 39.2 Å². The van der Waals surface area contributed by atoms with Crippen LogP contribution >= 0.6 is 0 Å². The van der Waals surface area contributed by atoms with Crippen LogP contribution in [0.5, 0.6) is 5.75 Å². The van der Waals surface area contributed by atoms with Crippen LogP contribution in [0.4, 0.5) is 5.82 Å². The molecule has 0 spiro atoms. The summed E-state index contributed by atoms with van der Waals surface area (Å²) in [4.78, 5) is 21.3. The van der Waals surface area contributed by atoms with Crippen molar-refractivity contribution in [2.75, 3.05) is 37.7 Å². The van der Waals surface area contributed by atoms with Crippen LogP contribution in [0.25, 0.3) is 16.6 Å². The Balaban J connectivity index is 1.51. The van der Waals surface area contributed by atoms with E-state index in [1.807, 2.05) is 23.1 Å². The molecule has 3 aromatic rings. The summed E-state index contributed by atoms with van der Waals surface area (Å²) in [7, 11) is 0. The zero-order chi connectivity index (χ0) is 24.9. The van der Waals surface area contributed by atoms with Gasteiger partial charge in [-0.05, 0) is 37.5 Å². The van der Waals surface area contributed by atoms with E-state index in [2.05, 4.69) is 34.9 Å². The minimum absolute atomic E-state index is 0.153. The van der Waals surface area contributed by atoms with Crippen LogP contribution in [0.2, 0.25) is 0 Å². The second-order valence-corrected chi connectivity index (χ2v) is 9.42. The molecule has 9 nitrogen and oxygen atoms in total. The fourth-order valence-electron chi connectivity index (χ4n) is 4.18. The molecule has 1 N–H and O–H groups in total. The molecule has 4 rings (SSSR count). The predicted molar refractivity (Wildman–Crippen MR) is 133 cm³/mol. The molecule has 0 unspecified atom stereocenters. The fraction of sp³-hybridized carbons (Fsp3) is 0.462. The molecule has 1 atom stereocenters. The molecule has 1 amide bonds. The van der Waals surface area contributed by atoms with Crippen LogP contribution < -0.4 is 9.64 Å². The average molecular weight is 477 g/mol. The highest BCUT2D eigenvalue weighted by Gasteiger charge is 2.22. The summed E-state index contributed by atoms with van der Waals surface area (Å²) < 4.78 is 7.32. The summed E-state index contributed by atoms with van der Waals surface area (Å²) in [6, 6.07) is 7.98. The molecule has 1 aliphatic rings. The SMILES string of the molecule is CC(C)CCC(=O)N1CCN(c2ccc(-c3cc(OC[C@@H](C)O)cn4ncc(C#N)c34)cn2)CC1. The number of pyridine rings is 2. The first-order valence-electron chi connectivity index (χ1n) is 12.1. The summed E-state index contributed by atoms with van der Waals surface area (Å²) in [5, 5.41) is 23.4. The fourth-order valence-corrected chi connectivity index (χ4v) is 4.18. The number of aliphatic hydroxyl groups is 1. The van der Waals surface area contributed by atoms with Gasteiger partial charge in [0.05, 0.1) is 29.6 Å². The predicted octanol–water partition coefficient (Wildman–Crippen LogP) is 3.11. The standard InChI is InChI=1S/C26H32N6O3/c1-18(2)4-7-25(34)31-10-8-30(9-11-31)24-6-5-20(14-28-24)23-12-22(35-17-19(3)33)16-32-26(23)21(13-27)15-29-32/h5-6,12,14-16,18-19,33H,4,7-11,17H2,1-3H3/t19-/m1/s1. The van der Waals surface area contributed by atoms with Gasteiger partial charge in [-0.15, -0.1) is 0 Å². The summed E-state index contributed by atoms with van der Waals surface area (Å²) in [6.07, 6.45) is 5.95. The highest BCUT2D eigenvalue weighted by molar-refractivity contribution is 5.85. The van der Waals surface area contributed by atoms with Gasteiger partial charge in [-0.1, -0.05) is 13.8 Å². The number of rotatable bonds is 8. The number of piperazine rings is 1. The Bertz CT molecular complexity index is 1200. The van der Waals surface area contributed by atoms with Crippen molar-refractivity contribution in [3.63, 3.8) is 0 Å². The van der Waals surface area contributed by atoms with E-state index in [0.29, 0.717) is 42.3 Å². The topological polar surface area (TPSA) is 107 Å². The van der Waals surface area contributed by atoms with E-state index in [9.17, 15) is 15.2 Å². The lowest BCUT2D eigenvalue weighted by Gasteiger charge is -2.35. The van der Waals surface area contributed by atoms with Crippen molar-refractivity contribution in [1.29, 1.82) is 5.26 Å². The second kappa shape index (κ2) is 10.7. The van der Waals surface area contributed by atoms with Gasteiger partial charge in [0.25, 0.3) is 0 Å². The van der Waals surface area contributed by atoms with Crippen molar-refractivity contribution in [2.24, 2.45) is 5.92 Å². The van der Waals surface area contributed by atoms with Crippen molar-refractivity contribution < 1.29 is 14.6 Å². The largest absolute Gasteiger partial charge is 0.489 e. The zero-order valence-electron chi connectivity index (χ0n) is 20.5. The quantitative estimate of drug-likeness (QED) is 0.532. The van der Waals surface area contributed by atoms with Crippen molar-refractivity contribution in [3.8, 4) is 22.9 Å². The summed E-state index contributed by atoms with van der Waals surface area (Å²) >= 11 is 0. The number of carbonyl (C=O) groups excluding carboxylic acids is 1. The van der Waals surface area contributed by atoms with Gasteiger partial charge in [-0.3, -0.25) is 4.79 Å². The van der Waals surface area contributed by atoms with Crippen LogP contribution in [0, 0.1) is 17.2 Å². The third-order valence-corrected chi connectivity index (χ3v) is 6.15. The second-order valence-electron chi connectivity index (χ2n) is 9.42. The molecule has 0 saturated carbocycles. The lowest BCUT2D eigenvalue weighted by Crippen LogP contribution is -2.49. The number of carbonyl (C=O) groups is 1. The number of aromatic nitrogens is 3. The van der Waals surface area contributed by atoms with Gasteiger partial charge >= 0.3 is 0 Å². The van der Waals surface area contributed by atoms with Crippen LogP contribution in [-0.2, 0) is 4.79 Å². The molecule has 4 heterocycles. The van der Waals surface area contributed by atoms with Crippen molar-refractivity contribution >= 4 is 17.2 Å². The summed E-state index contributed by atoms with van der Waals surface area (Å²) in [6.45, 7) is 8.97. The maximum absolute atomic E-state index is 12.4. The lowest BCUT2D eigenvalue weighted by atomic mass is 10.1. The molecule has 0 aliphatic carbocycles. The molecular formula is C26H32N6O3. The van der Waals surface area contributed by atoms with Crippen molar-refractivity contribution in [3.05, 3.63) is 42.4 Å². The minimum Gasteiger partial charge on any atom is -0.489 e. The van der Waals surface area contributed by atoms with Gasteiger partial charge in [-0.25, -0.2) is 9.50 Å². The molecule has 0 aromatic carbocycles. The summed E-state index contributed by atoms with van der Waals surface area (Å²) in [5.74, 6) is 2.16. The molecule has 9 heteroatoms. The van der Waals surface area contributed by atoms with Gasteiger partial charge in [-0.2, -0.15) is 10.4 Å². The number of ether oxygens (including phenoxy) is 1. The number of aliphatic hydroxyl groups excluding tert-OH is 1. The molecule has 1 fully saturated rings. The smallest absolute Gasteiger partial charge is 0.222 e. The third kappa shape index (κ3) is 5.72. The highest BCUT2D eigenvalue weighted by Crippen LogP contribution is 2.31. The number of fused-ring (bicyclic) bond motifs is 1. The number of nitriles is 1. The molecule has 1 saturated heterocycles. The number of nitrogens with zero attached hydrogens (tertiary/aromatic N) is 6. The maximum atomic E-state index is 12.4. The highest BCUT2D eigenvalue weighted by atomic mass is 16.5. The Morgan fingerprint density at radius 2 is 1.97 bits per heavy atom. The molecule has 0 radical (unpaired) electrons. The van der Waals surface area contributed by atoms with Crippen LogP contribution in [-0.4, -0.2) is 69.4 Å². The Hall–Kier alpha value is -3.64. The van der Waals surface area contributed by atoms with E-state index in [1.165, 1.54) is 6.20 Å². The van der Waals surface area contributed by atoms with E-state index >= 15 is 0 Å². The Kier molecular flexibility index (Phi) is 7.51.